The molecule has 0 aromatic heterocycles. The molecule has 4 aromatic rings. The standard InChI is InChI=1S/C64H90N2O10/c1-19-65(20-2)53(67)37-73-57-41-25-45-33-51(63(13,14)15)35-47(59(45)75-39-55(69)71-23-5)27-43-31-50(62(10,11)12)32-44(58(43)74-38-54(68)66(21-3)22-4)28-48-36-52(64(16,17)18)34-46(60(48)76-40-56(70)72-24-6)26-42(57)30-49(29-41)61(7,8)9/h29-36H,19-28,37-40H2,1-18H3. The molecular formula is C64H90N2O10. The van der Waals surface area contributed by atoms with E-state index in [1.54, 1.807) is 23.6 Å². The molecule has 0 N–H and O–H groups in total. The zero-order chi connectivity index (χ0) is 56.5. The molecule has 8 bridgehead atoms. The van der Waals surface area contributed by atoms with Gasteiger partial charge in [-0.25, -0.2) is 9.59 Å². The average molecular weight is 1050 g/mol. The molecule has 0 saturated carbocycles. The van der Waals surface area contributed by atoms with Crippen LogP contribution in [-0.4, -0.2) is 99.4 Å². The summed E-state index contributed by atoms with van der Waals surface area (Å²) in [5, 5.41) is 0. The first-order valence-corrected chi connectivity index (χ1v) is 27.6. The lowest BCUT2D eigenvalue weighted by molar-refractivity contribution is -0.146. The zero-order valence-electron chi connectivity index (χ0n) is 49.5. The van der Waals surface area contributed by atoms with Gasteiger partial charge in [0.15, 0.2) is 26.4 Å². The van der Waals surface area contributed by atoms with Crippen LogP contribution in [0.3, 0.4) is 0 Å². The molecule has 0 atom stereocenters. The number of rotatable bonds is 18. The number of likely N-dealkylation sites (N-methyl/N-ethyl adjacent to an activating group) is 2. The van der Waals surface area contributed by atoms with E-state index in [1.807, 2.05) is 27.7 Å². The summed E-state index contributed by atoms with van der Waals surface area (Å²) in [4.78, 5) is 58.1. The van der Waals surface area contributed by atoms with E-state index < -0.39 is 11.9 Å². The number of hydrogen-bond donors (Lipinski definition) is 0. The lowest BCUT2D eigenvalue weighted by Gasteiger charge is -2.29. The quantitative estimate of drug-likeness (QED) is 0.0782. The van der Waals surface area contributed by atoms with Gasteiger partial charge in [-0.15, -0.1) is 0 Å². The predicted octanol–water partition coefficient (Wildman–Crippen LogP) is 11.9. The molecule has 0 heterocycles. The van der Waals surface area contributed by atoms with E-state index in [-0.39, 0.29) is 73.1 Å². The highest BCUT2D eigenvalue weighted by Crippen LogP contribution is 2.44. The Bertz CT molecular complexity index is 2420. The summed E-state index contributed by atoms with van der Waals surface area (Å²) in [6.07, 6.45) is 1.20. The van der Waals surface area contributed by atoms with Gasteiger partial charge >= 0.3 is 11.9 Å². The van der Waals surface area contributed by atoms with Crippen molar-refractivity contribution in [3.63, 3.8) is 0 Å². The summed E-state index contributed by atoms with van der Waals surface area (Å²) in [6, 6.07) is 17.4. The molecule has 1 aliphatic rings. The SMILES string of the molecule is CCOC(=O)COc1c2cc(C(C)(C)C)cc1Cc1cc(C(C)(C)C)cc(c1OCC(=O)N(CC)CC)Cc1cc(C(C)(C)C)cc(c1OCC(=O)OCC)Cc1cc(C(C)(C)C)cc(c1OCC(=O)N(CC)CC)C2. The smallest absolute Gasteiger partial charge is 0.344 e. The van der Waals surface area contributed by atoms with Crippen LogP contribution in [0.15, 0.2) is 48.5 Å². The first-order chi connectivity index (χ1) is 35.6. The minimum absolute atomic E-state index is 0.137. The van der Waals surface area contributed by atoms with E-state index in [1.165, 1.54) is 0 Å². The van der Waals surface area contributed by atoms with Crippen molar-refractivity contribution in [3.8, 4) is 23.0 Å². The minimum atomic E-state index is -0.495. The third-order valence-corrected chi connectivity index (χ3v) is 14.2. The van der Waals surface area contributed by atoms with Crippen LogP contribution in [-0.2, 0) is 76.0 Å². The number of benzene rings is 4. The number of ether oxygens (including phenoxy) is 6. The first-order valence-electron chi connectivity index (χ1n) is 27.6. The van der Waals surface area contributed by atoms with Gasteiger partial charge in [0.25, 0.3) is 11.8 Å². The van der Waals surface area contributed by atoms with Crippen LogP contribution in [0, 0.1) is 0 Å². The van der Waals surface area contributed by atoms with Crippen molar-refractivity contribution in [1.82, 2.24) is 9.80 Å². The molecule has 0 radical (unpaired) electrons. The molecule has 0 saturated heterocycles. The second-order valence-electron chi connectivity index (χ2n) is 24.1. The Balaban J connectivity index is 2.05. The van der Waals surface area contributed by atoms with E-state index in [9.17, 15) is 19.2 Å². The molecule has 0 aliphatic heterocycles. The largest absolute Gasteiger partial charge is 0.483 e. The molecule has 0 fully saturated rings. The van der Waals surface area contributed by atoms with Crippen molar-refractivity contribution in [1.29, 1.82) is 0 Å². The Kier molecular flexibility index (Phi) is 20.3. The maximum Gasteiger partial charge on any atom is 0.344 e. The molecule has 12 heteroatoms. The number of hydrogen-bond acceptors (Lipinski definition) is 10. The molecule has 2 amide bonds. The summed E-state index contributed by atoms with van der Waals surface area (Å²) in [5.41, 5.74) is 9.45. The molecule has 1 aliphatic carbocycles. The van der Waals surface area contributed by atoms with Crippen molar-refractivity contribution in [3.05, 3.63) is 115 Å². The fraction of sp³-hybridized carbons (Fsp3) is 0.562. The fourth-order valence-corrected chi connectivity index (χ4v) is 9.63. The fourth-order valence-electron chi connectivity index (χ4n) is 9.63. The van der Waals surface area contributed by atoms with Gasteiger partial charge in [-0.05, 0) is 130 Å². The van der Waals surface area contributed by atoms with Gasteiger partial charge in [0.1, 0.15) is 23.0 Å². The number of nitrogens with zero attached hydrogens (tertiary/aromatic N) is 2. The van der Waals surface area contributed by atoms with Crippen LogP contribution < -0.4 is 18.9 Å². The summed E-state index contributed by atoms with van der Waals surface area (Å²) < 4.78 is 38.3. The van der Waals surface area contributed by atoms with Gasteiger partial charge < -0.3 is 38.2 Å². The summed E-state index contributed by atoms with van der Waals surface area (Å²) in [6.45, 7) is 39.0. The van der Waals surface area contributed by atoms with Gasteiger partial charge in [-0.1, -0.05) is 132 Å². The maximum atomic E-state index is 14.0. The molecule has 0 spiro atoms. The lowest BCUT2D eigenvalue weighted by Crippen LogP contribution is -2.34. The zero-order valence-corrected chi connectivity index (χ0v) is 49.5. The second kappa shape index (κ2) is 25.4. The number of carbonyl (C=O) groups excluding carboxylic acids is 4. The minimum Gasteiger partial charge on any atom is -0.483 e. The highest BCUT2D eigenvalue weighted by atomic mass is 16.6. The van der Waals surface area contributed by atoms with Gasteiger partial charge in [0, 0.05) is 51.9 Å². The van der Waals surface area contributed by atoms with Gasteiger partial charge in [-0.2, -0.15) is 0 Å². The average Bonchev–Trinajstić information content (AvgIpc) is 3.32. The number of esters is 2. The summed E-state index contributed by atoms with van der Waals surface area (Å²) >= 11 is 0. The van der Waals surface area contributed by atoms with E-state index in [0.717, 1.165) is 66.8 Å². The highest BCUT2D eigenvalue weighted by Gasteiger charge is 2.31. The topological polar surface area (TPSA) is 130 Å². The second-order valence-corrected chi connectivity index (χ2v) is 24.1. The van der Waals surface area contributed by atoms with Crippen molar-refractivity contribution >= 4 is 23.8 Å². The van der Waals surface area contributed by atoms with Crippen LogP contribution >= 0.6 is 0 Å². The first kappa shape index (κ1) is 60.8. The van der Waals surface area contributed by atoms with E-state index in [4.69, 9.17) is 28.4 Å². The maximum absolute atomic E-state index is 14.0. The van der Waals surface area contributed by atoms with E-state index in [2.05, 4.69) is 132 Å². The molecule has 5 rings (SSSR count). The number of fused-ring (bicyclic) bond motifs is 8. The molecule has 76 heavy (non-hydrogen) atoms. The van der Waals surface area contributed by atoms with Crippen molar-refractivity contribution < 1.29 is 47.6 Å². The van der Waals surface area contributed by atoms with Gasteiger partial charge in [0.2, 0.25) is 0 Å². The lowest BCUT2D eigenvalue weighted by atomic mass is 9.79. The molecule has 4 aromatic carbocycles. The third-order valence-electron chi connectivity index (χ3n) is 14.2. The van der Waals surface area contributed by atoms with E-state index >= 15 is 0 Å². The van der Waals surface area contributed by atoms with Crippen LogP contribution in [0.2, 0.25) is 0 Å². The third kappa shape index (κ3) is 15.6. The van der Waals surface area contributed by atoms with Crippen molar-refractivity contribution in [2.45, 2.75) is 172 Å². The Morgan fingerprint density at radius 1 is 0.355 bits per heavy atom. The Hall–Kier alpha value is -6.04. The normalized spacial score (nSPS) is 12.9. The van der Waals surface area contributed by atoms with Gasteiger partial charge in [-0.3, -0.25) is 9.59 Å². The summed E-state index contributed by atoms with van der Waals surface area (Å²) in [5.74, 6) is 0.923. The molecule has 12 nitrogen and oxygen atoms in total. The summed E-state index contributed by atoms with van der Waals surface area (Å²) in [7, 11) is 0. The highest BCUT2D eigenvalue weighted by molar-refractivity contribution is 5.78. The Morgan fingerprint density at radius 2 is 0.553 bits per heavy atom. The monoisotopic (exact) mass is 1050 g/mol. The Labute approximate surface area is 455 Å². The Morgan fingerprint density at radius 3 is 0.724 bits per heavy atom. The molecular weight excluding hydrogens is 957 g/mol. The number of amides is 2. The molecule has 416 valence electrons. The molecule has 0 unspecified atom stereocenters. The van der Waals surface area contributed by atoms with Gasteiger partial charge in [0.05, 0.1) is 13.2 Å². The van der Waals surface area contributed by atoms with Crippen LogP contribution in [0.25, 0.3) is 0 Å². The van der Waals surface area contributed by atoms with Crippen LogP contribution in [0.5, 0.6) is 23.0 Å². The van der Waals surface area contributed by atoms with Crippen molar-refractivity contribution in [2.75, 3.05) is 65.8 Å². The van der Waals surface area contributed by atoms with Crippen LogP contribution in [0.4, 0.5) is 0 Å². The van der Waals surface area contributed by atoms with Crippen molar-refractivity contribution in [2.24, 2.45) is 0 Å². The van der Waals surface area contributed by atoms with E-state index in [0.29, 0.717) is 74.9 Å². The number of carbonyl (C=O) groups is 4. The van der Waals surface area contributed by atoms with Crippen LogP contribution in [0.1, 0.15) is 191 Å². The predicted molar refractivity (Wildman–Crippen MR) is 303 cm³/mol.